The van der Waals surface area contributed by atoms with Crippen LogP contribution in [0.5, 0.6) is 5.75 Å². The lowest BCUT2D eigenvalue weighted by atomic mass is 10.1. The number of carbonyl (C=O) groups excluding carboxylic acids is 2. The molecule has 0 saturated carbocycles. The van der Waals surface area contributed by atoms with E-state index in [4.69, 9.17) is 4.74 Å². The lowest BCUT2D eigenvalue weighted by molar-refractivity contribution is -0.140. The maximum Gasteiger partial charge on any atom is 0.242 e. The number of para-hydroxylation sites is 1. The van der Waals surface area contributed by atoms with Crippen LogP contribution in [-0.4, -0.2) is 44.8 Å². The predicted octanol–water partition coefficient (Wildman–Crippen LogP) is 3.66. The van der Waals surface area contributed by atoms with Gasteiger partial charge in [-0.2, -0.15) is 0 Å². The third-order valence-corrected chi connectivity index (χ3v) is 7.77. The van der Waals surface area contributed by atoms with Crippen molar-refractivity contribution >= 4 is 21.8 Å². The lowest BCUT2D eigenvalue weighted by Crippen LogP contribution is -2.47. The molecule has 38 heavy (non-hydrogen) atoms. The number of hydrogen-bond donors (Lipinski definition) is 2. The van der Waals surface area contributed by atoms with Crippen molar-refractivity contribution in [1.29, 1.82) is 0 Å². The van der Waals surface area contributed by atoms with Gasteiger partial charge in [-0.25, -0.2) is 13.1 Å². The van der Waals surface area contributed by atoms with Crippen molar-refractivity contribution in [2.24, 2.45) is 0 Å². The Morgan fingerprint density at radius 2 is 1.58 bits per heavy atom. The van der Waals surface area contributed by atoms with E-state index >= 15 is 0 Å². The number of sulfonamides is 1. The summed E-state index contributed by atoms with van der Waals surface area (Å²) in [5.74, 6) is 0.248. The number of nitrogens with one attached hydrogen (secondary N) is 2. The maximum absolute atomic E-state index is 13.4. The Bertz CT molecular complexity index is 1310. The summed E-state index contributed by atoms with van der Waals surface area (Å²) in [6.45, 7) is 4.32. The van der Waals surface area contributed by atoms with Crippen molar-refractivity contribution in [2.75, 3.05) is 13.7 Å². The van der Waals surface area contributed by atoms with Crippen LogP contribution in [0.2, 0.25) is 0 Å². The predicted molar refractivity (Wildman–Crippen MR) is 147 cm³/mol. The molecule has 0 saturated heterocycles. The van der Waals surface area contributed by atoms with Crippen molar-refractivity contribution in [1.82, 2.24) is 14.9 Å². The molecule has 3 aromatic carbocycles. The Kier molecular flexibility index (Phi) is 10.4. The van der Waals surface area contributed by atoms with Crippen LogP contribution in [0.3, 0.4) is 0 Å². The number of methoxy groups -OCH3 is 1. The quantitative estimate of drug-likeness (QED) is 0.346. The molecule has 0 bridgehead atoms. The normalized spacial score (nSPS) is 12.0. The van der Waals surface area contributed by atoms with Gasteiger partial charge in [0.05, 0.1) is 12.0 Å². The Labute approximate surface area is 225 Å². The van der Waals surface area contributed by atoms with Gasteiger partial charge in [0.2, 0.25) is 21.8 Å². The molecule has 2 N–H and O–H groups in total. The minimum atomic E-state index is -3.53. The molecule has 0 unspecified atom stereocenters. The van der Waals surface area contributed by atoms with Crippen LogP contribution in [-0.2, 0) is 39.1 Å². The fraction of sp³-hybridized carbons (Fsp3) is 0.310. The zero-order chi connectivity index (χ0) is 27.5. The molecule has 8 nitrogen and oxygen atoms in total. The first-order valence-electron chi connectivity index (χ1n) is 12.6. The lowest BCUT2D eigenvalue weighted by Gasteiger charge is -2.29. The van der Waals surface area contributed by atoms with Crippen molar-refractivity contribution in [3.8, 4) is 5.75 Å². The summed E-state index contributed by atoms with van der Waals surface area (Å²) in [6.07, 6.45) is 0.595. The molecule has 3 rings (SSSR count). The largest absolute Gasteiger partial charge is 0.496 e. The van der Waals surface area contributed by atoms with Gasteiger partial charge in [0.1, 0.15) is 11.8 Å². The van der Waals surface area contributed by atoms with Crippen LogP contribution >= 0.6 is 0 Å². The fourth-order valence-corrected chi connectivity index (χ4v) is 5.09. The number of ether oxygens (including phenoxy) is 1. The zero-order valence-electron chi connectivity index (χ0n) is 22.0. The molecular weight excluding hydrogens is 502 g/mol. The van der Waals surface area contributed by atoms with Gasteiger partial charge in [-0.05, 0) is 42.7 Å². The van der Waals surface area contributed by atoms with Crippen molar-refractivity contribution in [3.05, 3.63) is 95.6 Å². The topological polar surface area (TPSA) is 105 Å². The summed E-state index contributed by atoms with van der Waals surface area (Å²) in [6, 6.07) is 22.8. The first-order valence-corrected chi connectivity index (χ1v) is 14.0. The van der Waals surface area contributed by atoms with Gasteiger partial charge in [0.25, 0.3) is 0 Å². The molecule has 3 aromatic rings. The standard InChI is InChI=1S/C29H35N3O5S/c1-4-31-38(35,36)26-17-14-23(15-18-26)16-19-28(33)32(21-24-10-6-5-7-11-24)22(2)29(34)30-20-25-12-8-9-13-27(25)37-3/h5-15,17-18,22,31H,4,16,19-21H2,1-3H3,(H,30,34)/t22-/m0/s1. The highest BCUT2D eigenvalue weighted by Crippen LogP contribution is 2.18. The van der Waals surface area contributed by atoms with E-state index < -0.39 is 16.1 Å². The third kappa shape index (κ3) is 7.90. The first kappa shape index (κ1) is 28.9. The molecule has 0 aliphatic carbocycles. The molecule has 2 amide bonds. The Morgan fingerprint density at radius 3 is 2.24 bits per heavy atom. The summed E-state index contributed by atoms with van der Waals surface area (Å²) >= 11 is 0. The summed E-state index contributed by atoms with van der Waals surface area (Å²) in [5.41, 5.74) is 2.60. The van der Waals surface area contributed by atoms with E-state index in [2.05, 4.69) is 10.0 Å². The van der Waals surface area contributed by atoms with Gasteiger partial charge in [0, 0.05) is 31.6 Å². The molecule has 0 radical (unpaired) electrons. The van der Waals surface area contributed by atoms with E-state index in [-0.39, 0.29) is 29.7 Å². The van der Waals surface area contributed by atoms with E-state index in [1.807, 2.05) is 54.6 Å². The van der Waals surface area contributed by atoms with Gasteiger partial charge in [-0.15, -0.1) is 0 Å². The van der Waals surface area contributed by atoms with Crippen molar-refractivity contribution in [2.45, 2.75) is 50.7 Å². The minimum absolute atomic E-state index is 0.168. The van der Waals surface area contributed by atoms with Gasteiger partial charge in [-0.1, -0.05) is 67.6 Å². The Hall–Kier alpha value is -3.69. The molecular formula is C29H35N3O5S. The van der Waals surface area contributed by atoms with Crippen LogP contribution in [0.1, 0.15) is 37.0 Å². The number of carbonyl (C=O) groups is 2. The monoisotopic (exact) mass is 537 g/mol. The van der Waals surface area contributed by atoms with Crippen LogP contribution in [0.15, 0.2) is 83.8 Å². The molecule has 0 aliphatic heterocycles. The zero-order valence-corrected chi connectivity index (χ0v) is 22.8. The molecule has 0 heterocycles. The second kappa shape index (κ2) is 13.7. The minimum Gasteiger partial charge on any atom is -0.496 e. The highest BCUT2D eigenvalue weighted by Gasteiger charge is 2.26. The second-order valence-corrected chi connectivity index (χ2v) is 10.6. The summed E-state index contributed by atoms with van der Waals surface area (Å²) in [4.78, 5) is 28.2. The smallest absolute Gasteiger partial charge is 0.242 e. The number of aryl methyl sites for hydroxylation is 1. The van der Waals surface area contributed by atoms with E-state index in [9.17, 15) is 18.0 Å². The van der Waals surface area contributed by atoms with Gasteiger partial charge < -0.3 is 15.0 Å². The number of nitrogens with zero attached hydrogens (tertiary/aromatic N) is 1. The average molecular weight is 538 g/mol. The van der Waals surface area contributed by atoms with Crippen molar-refractivity contribution in [3.63, 3.8) is 0 Å². The average Bonchev–Trinajstić information content (AvgIpc) is 2.93. The summed E-state index contributed by atoms with van der Waals surface area (Å²) < 4.78 is 32.2. The number of hydrogen-bond acceptors (Lipinski definition) is 5. The molecule has 0 fully saturated rings. The van der Waals surface area contributed by atoms with Gasteiger partial charge in [0.15, 0.2) is 0 Å². The van der Waals surface area contributed by atoms with Crippen LogP contribution in [0.25, 0.3) is 0 Å². The molecule has 202 valence electrons. The SMILES string of the molecule is CCNS(=O)(=O)c1ccc(CCC(=O)N(Cc2ccccc2)[C@@H](C)C(=O)NCc2ccccc2OC)cc1. The molecule has 9 heteroatoms. The maximum atomic E-state index is 13.4. The summed E-state index contributed by atoms with van der Waals surface area (Å²) in [7, 11) is -1.95. The second-order valence-electron chi connectivity index (χ2n) is 8.86. The Morgan fingerprint density at radius 1 is 0.921 bits per heavy atom. The van der Waals surface area contributed by atoms with Gasteiger partial charge in [-0.3, -0.25) is 9.59 Å². The summed E-state index contributed by atoms with van der Waals surface area (Å²) in [5, 5.41) is 2.92. The first-order chi connectivity index (χ1) is 18.2. The highest BCUT2D eigenvalue weighted by molar-refractivity contribution is 7.89. The van der Waals surface area contributed by atoms with E-state index in [1.54, 1.807) is 38.0 Å². The third-order valence-electron chi connectivity index (χ3n) is 6.20. The van der Waals surface area contributed by atoms with Gasteiger partial charge >= 0.3 is 0 Å². The van der Waals surface area contributed by atoms with Crippen LogP contribution in [0.4, 0.5) is 0 Å². The Balaban J connectivity index is 1.69. The molecule has 0 aromatic heterocycles. The molecule has 0 spiro atoms. The molecule has 1 atom stereocenters. The van der Waals surface area contributed by atoms with E-state index in [0.717, 1.165) is 16.7 Å². The van der Waals surface area contributed by atoms with Crippen molar-refractivity contribution < 1.29 is 22.7 Å². The molecule has 0 aliphatic rings. The van der Waals surface area contributed by atoms with E-state index in [1.165, 1.54) is 12.1 Å². The van der Waals surface area contributed by atoms with Crippen LogP contribution in [0, 0.1) is 0 Å². The fourth-order valence-electron chi connectivity index (χ4n) is 4.05. The number of amides is 2. The van der Waals surface area contributed by atoms with E-state index in [0.29, 0.717) is 25.3 Å². The van der Waals surface area contributed by atoms with Crippen LogP contribution < -0.4 is 14.8 Å². The number of benzene rings is 3. The number of rotatable bonds is 13. The highest BCUT2D eigenvalue weighted by atomic mass is 32.2.